The van der Waals surface area contributed by atoms with Crippen molar-refractivity contribution in [2.24, 2.45) is 0 Å². The van der Waals surface area contributed by atoms with Crippen LogP contribution in [0.3, 0.4) is 0 Å². The molecule has 84 heavy (non-hydrogen) atoms. The molecule has 0 heterocycles. The van der Waals surface area contributed by atoms with Crippen molar-refractivity contribution in [3.63, 3.8) is 0 Å². The molecule has 12 rings (SSSR count). The Morgan fingerprint density at radius 3 is 0.452 bits per heavy atom. The number of benzene rings is 12. The van der Waals surface area contributed by atoms with E-state index in [4.69, 9.17) is 34.0 Å². The topological polar surface area (TPSA) is 90.9 Å². The van der Waals surface area contributed by atoms with E-state index in [1.165, 1.54) is 0 Å². The van der Waals surface area contributed by atoms with E-state index in [9.17, 15) is 0 Å². The van der Waals surface area contributed by atoms with Gasteiger partial charge in [-0.2, -0.15) is 0 Å². The average Bonchev–Trinajstić information content (AvgIpc) is 2.21. The van der Waals surface area contributed by atoms with Gasteiger partial charge in [0, 0.05) is 0 Å². The number of rotatable bonds is 20. The van der Waals surface area contributed by atoms with Crippen LogP contribution in [0.25, 0.3) is 0 Å². The number of carbonyl (C=O) groups is 1. The maximum absolute atomic E-state index is 16.3. The molecule has 0 saturated heterocycles. The second-order valence-corrected chi connectivity index (χ2v) is 45.1. The van der Waals surface area contributed by atoms with Crippen molar-refractivity contribution in [1.82, 2.24) is 0 Å². The van der Waals surface area contributed by atoms with Crippen LogP contribution in [0, 0.1) is 0 Å². The number of carbonyl (C=O) groups excluding carboxylic acids is 1. The Hall–Kier alpha value is -9.52. The van der Waals surface area contributed by atoms with Crippen LogP contribution in [0.1, 0.15) is 0 Å². The SMILES string of the molecule is O=C([O][BiH]([c]1ccc(Oc2ccccc2)cc1)([c]1ccc(Oc2ccccc2)cc1)[c]1ccc(Oc2ccccc2)cc1)[O][BiH]([c]1ccc(Oc2ccccc2)cc1)([c]1ccc(Oc2ccccc2)cc1)[c]1ccc(Oc2ccccc2)cc1. The van der Waals surface area contributed by atoms with E-state index >= 15 is 4.79 Å². The zero-order valence-corrected chi connectivity index (χ0v) is 53.1. The van der Waals surface area contributed by atoms with Gasteiger partial charge in [-0.1, -0.05) is 0 Å². The van der Waals surface area contributed by atoms with E-state index in [0.717, 1.165) is 19.6 Å². The Balaban J connectivity index is 1.02. The fourth-order valence-corrected chi connectivity index (χ4v) is 38.8. The zero-order valence-electron chi connectivity index (χ0n) is 45.4. The van der Waals surface area contributed by atoms with Gasteiger partial charge in [-0.15, -0.1) is 0 Å². The molecule has 9 nitrogen and oxygen atoms in total. The van der Waals surface area contributed by atoms with Crippen LogP contribution < -0.4 is 48.0 Å². The molecule has 0 radical (unpaired) electrons. The predicted octanol–water partition coefficient (Wildman–Crippen LogP) is 14.7. The molecule has 0 aliphatic heterocycles. The minimum absolute atomic E-state index is 0.614. The second-order valence-electron chi connectivity index (χ2n) is 19.5. The first kappa shape index (κ1) is 55.0. The first-order valence-electron chi connectivity index (χ1n) is 27.4. The maximum atomic E-state index is 16.3. The van der Waals surface area contributed by atoms with Gasteiger partial charge < -0.3 is 0 Å². The molecular formula is C73H56Bi2O9. The van der Waals surface area contributed by atoms with Gasteiger partial charge in [0.25, 0.3) is 0 Å². The first-order chi connectivity index (χ1) is 41.4. The van der Waals surface area contributed by atoms with Crippen molar-refractivity contribution < 1.29 is 38.8 Å². The van der Waals surface area contributed by atoms with Gasteiger partial charge >= 0.3 is 503 Å². The van der Waals surface area contributed by atoms with Crippen molar-refractivity contribution >= 4 is 67.2 Å². The van der Waals surface area contributed by atoms with Gasteiger partial charge in [0.05, 0.1) is 0 Å². The van der Waals surface area contributed by atoms with E-state index in [1.807, 2.05) is 328 Å². The molecule has 0 bridgehead atoms. The first-order valence-corrected chi connectivity index (χ1v) is 42.2. The molecule has 0 N–H and O–H groups in total. The summed E-state index contributed by atoms with van der Waals surface area (Å²) in [5.74, 6) is 7.81. The van der Waals surface area contributed by atoms with E-state index in [2.05, 4.69) is 0 Å². The van der Waals surface area contributed by atoms with Crippen molar-refractivity contribution in [3.8, 4) is 69.0 Å². The van der Waals surface area contributed by atoms with Crippen molar-refractivity contribution in [1.29, 1.82) is 0 Å². The van der Waals surface area contributed by atoms with Crippen LogP contribution >= 0.6 is 0 Å². The number of ether oxygens (including phenoxy) is 6. The minimum atomic E-state index is -5.48. The van der Waals surface area contributed by atoms with Crippen molar-refractivity contribution in [2.75, 3.05) is 0 Å². The summed E-state index contributed by atoms with van der Waals surface area (Å²) in [4.78, 5) is 16.3. The molecule has 12 aromatic carbocycles. The fourth-order valence-electron chi connectivity index (χ4n) is 9.92. The van der Waals surface area contributed by atoms with Crippen LogP contribution in [0.4, 0.5) is 4.79 Å². The second kappa shape index (κ2) is 26.2. The Morgan fingerprint density at radius 2 is 0.310 bits per heavy atom. The summed E-state index contributed by atoms with van der Waals surface area (Å²) < 4.78 is 58.1. The summed E-state index contributed by atoms with van der Waals surface area (Å²) in [6.07, 6.45) is -0.823. The molecule has 0 saturated carbocycles. The standard InChI is InChI=1S/6C12H9O.CH2O3.2Bi.2H/c6*1-3-7-11(8-4-1)13-12-9-5-2-6-10-12;2-1(3)4;;;;/h6*1,3-10H;(H2,2,3,4);;;;/q;;;;;;;2*+1;;/p-2. The normalized spacial score (nSPS) is 11.5. The molecule has 0 amide bonds. The third-order valence-electron chi connectivity index (χ3n) is 13.9. The third-order valence-corrected chi connectivity index (χ3v) is 44.3. The van der Waals surface area contributed by atoms with Crippen molar-refractivity contribution in [2.45, 2.75) is 0 Å². The van der Waals surface area contributed by atoms with Gasteiger partial charge in [0.1, 0.15) is 0 Å². The monoisotopic (exact) mass is 1490 g/mol. The Kier molecular flexibility index (Phi) is 17.1. The molecule has 412 valence electrons. The molecule has 0 aliphatic rings. The molecule has 0 atom stereocenters. The molecule has 11 heteroatoms. The number of para-hydroxylation sites is 6. The van der Waals surface area contributed by atoms with E-state index in [0.29, 0.717) is 69.0 Å². The molecule has 0 unspecified atom stereocenters. The quantitative estimate of drug-likeness (QED) is 0.0692. The van der Waals surface area contributed by atoms with Crippen LogP contribution in [0.5, 0.6) is 69.0 Å². The van der Waals surface area contributed by atoms with Crippen LogP contribution in [0.2, 0.25) is 0 Å². The Labute approximate surface area is 498 Å². The van der Waals surface area contributed by atoms with Gasteiger partial charge in [-0.05, 0) is 0 Å². The summed E-state index contributed by atoms with van der Waals surface area (Å²) in [5, 5.41) is 0. The van der Waals surface area contributed by atoms with E-state index < -0.39 is 47.6 Å². The van der Waals surface area contributed by atoms with E-state index in [-0.39, 0.29) is 0 Å². The zero-order chi connectivity index (χ0) is 56.8. The fraction of sp³-hybridized carbons (Fsp3) is 0. The van der Waals surface area contributed by atoms with Gasteiger partial charge in [-0.3, -0.25) is 0 Å². The summed E-state index contributed by atoms with van der Waals surface area (Å²) in [6, 6.07) is 105. The summed E-state index contributed by atoms with van der Waals surface area (Å²) >= 11 is -11.0. The predicted molar refractivity (Wildman–Crippen MR) is 337 cm³/mol. The third kappa shape index (κ3) is 13.0. The molecule has 0 aromatic heterocycles. The molecule has 0 fully saturated rings. The summed E-state index contributed by atoms with van der Waals surface area (Å²) in [7, 11) is 0. The molecular weight excluding hydrogens is 1440 g/mol. The molecule has 0 spiro atoms. The van der Waals surface area contributed by atoms with Gasteiger partial charge in [0.15, 0.2) is 0 Å². The molecule has 12 aromatic rings. The van der Waals surface area contributed by atoms with E-state index in [1.54, 1.807) is 0 Å². The van der Waals surface area contributed by atoms with Crippen LogP contribution in [-0.2, 0) is 5.63 Å². The average molecular weight is 1500 g/mol. The van der Waals surface area contributed by atoms with Gasteiger partial charge in [0.2, 0.25) is 0 Å². The Morgan fingerprint density at radius 1 is 0.179 bits per heavy atom. The Bertz CT molecular complexity index is 3340. The molecule has 0 aliphatic carbocycles. The van der Waals surface area contributed by atoms with Crippen LogP contribution in [0.15, 0.2) is 328 Å². The van der Waals surface area contributed by atoms with Gasteiger partial charge in [-0.25, -0.2) is 0 Å². The summed E-state index contributed by atoms with van der Waals surface area (Å²) in [5.41, 5.74) is 0. The summed E-state index contributed by atoms with van der Waals surface area (Å²) in [6.45, 7) is 0. The number of hydrogen-bond donors (Lipinski definition) is 0. The van der Waals surface area contributed by atoms with Crippen LogP contribution in [-0.4, -0.2) is 47.6 Å². The van der Waals surface area contributed by atoms with Crippen molar-refractivity contribution in [3.05, 3.63) is 328 Å². The number of hydrogen-bond acceptors (Lipinski definition) is 9.